The fourth-order valence-corrected chi connectivity index (χ4v) is 2.78. The largest absolute Gasteiger partial charge is 0.341 e. The summed E-state index contributed by atoms with van der Waals surface area (Å²) in [5.74, 6) is 1.89. The highest BCUT2D eigenvalue weighted by Crippen LogP contribution is 2.45. The molecule has 1 saturated carbocycles. The summed E-state index contributed by atoms with van der Waals surface area (Å²) in [5.41, 5.74) is 0.197. The molecule has 2 rings (SSSR count). The molecule has 3 atom stereocenters. The van der Waals surface area contributed by atoms with E-state index in [1.54, 1.807) is 0 Å². The smallest absolute Gasteiger partial charge is 0.239 e. The van der Waals surface area contributed by atoms with Crippen LogP contribution in [0.1, 0.15) is 33.6 Å². The Balaban J connectivity index is 2.06. The van der Waals surface area contributed by atoms with Crippen LogP contribution in [0.4, 0.5) is 0 Å². The maximum atomic E-state index is 12.3. The maximum absolute atomic E-state index is 12.3. The van der Waals surface area contributed by atoms with Gasteiger partial charge in [-0.05, 0) is 37.1 Å². The van der Waals surface area contributed by atoms with E-state index >= 15 is 0 Å². The standard InChI is InChI=1S/C13H24N2O/c1-13(2,3)8-15-7-10-5-9(10)6-11(14-4)12(15)16/h9-11,14H,5-8H2,1-4H3. The Morgan fingerprint density at radius 3 is 2.56 bits per heavy atom. The quantitative estimate of drug-likeness (QED) is 0.770. The molecule has 1 amide bonds. The molecule has 1 aliphatic carbocycles. The molecule has 0 spiro atoms. The van der Waals surface area contributed by atoms with Crippen LogP contribution in [-0.2, 0) is 4.79 Å². The van der Waals surface area contributed by atoms with E-state index in [-0.39, 0.29) is 11.5 Å². The van der Waals surface area contributed by atoms with Crippen molar-refractivity contribution in [2.24, 2.45) is 17.3 Å². The molecule has 1 N–H and O–H groups in total. The molecular weight excluding hydrogens is 200 g/mol. The van der Waals surface area contributed by atoms with E-state index in [0.717, 1.165) is 31.3 Å². The van der Waals surface area contributed by atoms with Gasteiger partial charge in [-0.15, -0.1) is 0 Å². The van der Waals surface area contributed by atoms with Gasteiger partial charge in [-0.1, -0.05) is 20.8 Å². The summed E-state index contributed by atoms with van der Waals surface area (Å²) < 4.78 is 0. The number of nitrogens with zero attached hydrogens (tertiary/aromatic N) is 1. The lowest BCUT2D eigenvalue weighted by Gasteiger charge is -2.31. The van der Waals surface area contributed by atoms with Crippen molar-refractivity contribution in [2.75, 3.05) is 20.1 Å². The zero-order chi connectivity index (χ0) is 11.9. The van der Waals surface area contributed by atoms with Crippen molar-refractivity contribution in [2.45, 2.75) is 39.7 Å². The monoisotopic (exact) mass is 224 g/mol. The molecule has 0 radical (unpaired) electrons. The molecule has 0 aromatic carbocycles. The van der Waals surface area contributed by atoms with E-state index in [1.807, 2.05) is 7.05 Å². The van der Waals surface area contributed by atoms with Crippen LogP contribution in [0.2, 0.25) is 0 Å². The second-order valence-electron chi connectivity index (χ2n) is 6.61. The summed E-state index contributed by atoms with van der Waals surface area (Å²) >= 11 is 0. The predicted molar refractivity (Wildman–Crippen MR) is 65.1 cm³/mol. The van der Waals surface area contributed by atoms with Gasteiger partial charge in [-0.2, -0.15) is 0 Å². The molecule has 1 saturated heterocycles. The van der Waals surface area contributed by atoms with Gasteiger partial charge in [0.15, 0.2) is 0 Å². The van der Waals surface area contributed by atoms with Crippen LogP contribution < -0.4 is 5.32 Å². The van der Waals surface area contributed by atoms with Gasteiger partial charge >= 0.3 is 0 Å². The maximum Gasteiger partial charge on any atom is 0.239 e. The second-order valence-corrected chi connectivity index (χ2v) is 6.61. The van der Waals surface area contributed by atoms with Gasteiger partial charge < -0.3 is 10.2 Å². The van der Waals surface area contributed by atoms with Gasteiger partial charge in [0.2, 0.25) is 5.91 Å². The van der Waals surface area contributed by atoms with E-state index in [4.69, 9.17) is 0 Å². The number of carbonyl (C=O) groups excluding carboxylic acids is 1. The van der Waals surface area contributed by atoms with Crippen LogP contribution in [-0.4, -0.2) is 37.0 Å². The third kappa shape index (κ3) is 2.57. The molecule has 1 aliphatic heterocycles. The fourth-order valence-electron chi connectivity index (χ4n) is 2.78. The van der Waals surface area contributed by atoms with Crippen molar-refractivity contribution < 1.29 is 4.79 Å². The van der Waals surface area contributed by atoms with Gasteiger partial charge in [0, 0.05) is 13.1 Å². The number of fused-ring (bicyclic) bond motifs is 1. The van der Waals surface area contributed by atoms with Gasteiger partial charge in [0.1, 0.15) is 0 Å². The minimum atomic E-state index is 0.0554. The van der Waals surface area contributed by atoms with Crippen molar-refractivity contribution in [3.05, 3.63) is 0 Å². The highest BCUT2D eigenvalue weighted by Gasteiger charge is 2.45. The second kappa shape index (κ2) is 4.02. The van der Waals surface area contributed by atoms with Gasteiger partial charge in [0.25, 0.3) is 0 Å². The Labute approximate surface area is 98.6 Å². The van der Waals surface area contributed by atoms with E-state index in [2.05, 4.69) is 31.0 Å². The third-order valence-electron chi connectivity index (χ3n) is 3.69. The first-order chi connectivity index (χ1) is 7.40. The minimum absolute atomic E-state index is 0.0554. The van der Waals surface area contributed by atoms with Crippen LogP contribution in [0.5, 0.6) is 0 Å². The van der Waals surface area contributed by atoms with Crippen LogP contribution in [0.15, 0.2) is 0 Å². The lowest BCUT2D eigenvalue weighted by atomic mass is 9.95. The lowest BCUT2D eigenvalue weighted by molar-refractivity contribution is -0.134. The summed E-state index contributed by atoms with van der Waals surface area (Å²) in [5, 5.41) is 3.18. The molecule has 0 aromatic rings. The normalized spacial score (nSPS) is 34.6. The first-order valence-corrected chi connectivity index (χ1v) is 6.37. The number of nitrogens with one attached hydrogen (secondary N) is 1. The summed E-state index contributed by atoms with van der Waals surface area (Å²) in [6, 6.07) is 0.0554. The topological polar surface area (TPSA) is 32.3 Å². The van der Waals surface area contributed by atoms with Gasteiger partial charge in [-0.25, -0.2) is 0 Å². The molecule has 0 aromatic heterocycles. The van der Waals surface area contributed by atoms with E-state index in [9.17, 15) is 4.79 Å². The molecule has 92 valence electrons. The SMILES string of the molecule is CNC1CC2CC2CN(CC(C)(C)C)C1=O. The van der Waals surface area contributed by atoms with E-state index in [1.165, 1.54) is 6.42 Å². The Kier molecular flexibility index (Phi) is 2.99. The summed E-state index contributed by atoms with van der Waals surface area (Å²) in [6.07, 6.45) is 2.37. The molecule has 0 bridgehead atoms. The average molecular weight is 224 g/mol. The molecule has 3 nitrogen and oxygen atoms in total. The van der Waals surface area contributed by atoms with Crippen molar-refractivity contribution in [1.82, 2.24) is 10.2 Å². The Morgan fingerprint density at radius 2 is 2.00 bits per heavy atom. The zero-order valence-corrected chi connectivity index (χ0v) is 10.9. The summed E-state index contributed by atoms with van der Waals surface area (Å²) in [6.45, 7) is 8.46. The number of hydrogen-bond donors (Lipinski definition) is 1. The molecule has 3 heteroatoms. The number of carbonyl (C=O) groups is 1. The molecule has 2 fully saturated rings. The Bertz CT molecular complexity index is 282. The van der Waals surface area contributed by atoms with Crippen molar-refractivity contribution in [1.29, 1.82) is 0 Å². The lowest BCUT2D eigenvalue weighted by Crippen LogP contribution is -2.47. The third-order valence-corrected chi connectivity index (χ3v) is 3.69. The van der Waals surface area contributed by atoms with Crippen LogP contribution in [0.3, 0.4) is 0 Å². The Morgan fingerprint density at radius 1 is 1.31 bits per heavy atom. The predicted octanol–water partition coefficient (Wildman–Crippen LogP) is 1.49. The van der Waals surface area contributed by atoms with E-state index in [0.29, 0.717) is 5.91 Å². The molecule has 3 unspecified atom stereocenters. The van der Waals surface area contributed by atoms with Crippen LogP contribution in [0.25, 0.3) is 0 Å². The van der Waals surface area contributed by atoms with Crippen LogP contribution >= 0.6 is 0 Å². The molecule has 16 heavy (non-hydrogen) atoms. The first-order valence-electron chi connectivity index (χ1n) is 6.37. The molecule has 1 heterocycles. The summed E-state index contributed by atoms with van der Waals surface area (Å²) in [7, 11) is 1.90. The Hall–Kier alpha value is -0.570. The van der Waals surface area contributed by atoms with Gasteiger partial charge in [0.05, 0.1) is 6.04 Å². The van der Waals surface area contributed by atoms with Crippen molar-refractivity contribution in [3.63, 3.8) is 0 Å². The van der Waals surface area contributed by atoms with Crippen LogP contribution in [0, 0.1) is 17.3 Å². The number of rotatable bonds is 2. The van der Waals surface area contributed by atoms with Gasteiger partial charge in [-0.3, -0.25) is 4.79 Å². The number of hydrogen-bond acceptors (Lipinski definition) is 2. The average Bonchev–Trinajstić information content (AvgIpc) is 2.88. The number of likely N-dealkylation sites (N-methyl/N-ethyl adjacent to an activating group) is 1. The van der Waals surface area contributed by atoms with Crippen molar-refractivity contribution >= 4 is 5.91 Å². The molecule has 2 aliphatic rings. The number of amides is 1. The highest BCUT2D eigenvalue weighted by atomic mass is 16.2. The number of likely N-dealkylation sites (tertiary alicyclic amines) is 1. The fraction of sp³-hybridized carbons (Fsp3) is 0.923. The molecular formula is C13H24N2O. The zero-order valence-electron chi connectivity index (χ0n) is 10.9. The minimum Gasteiger partial charge on any atom is -0.341 e. The first kappa shape index (κ1) is 11.9. The summed E-state index contributed by atoms with van der Waals surface area (Å²) in [4.78, 5) is 14.4. The van der Waals surface area contributed by atoms with Crippen molar-refractivity contribution in [3.8, 4) is 0 Å². The van der Waals surface area contributed by atoms with E-state index < -0.39 is 0 Å². The highest BCUT2D eigenvalue weighted by molar-refractivity contribution is 5.82.